The third-order valence-electron chi connectivity index (χ3n) is 5.62. The van der Waals surface area contributed by atoms with Crippen LogP contribution in [-0.4, -0.2) is 20.0 Å². The van der Waals surface area contributed by atoms with Crippen LogP contribution in [0.5, 0.6) is 0 Å². The Bertz CT molecular complexity index is 1440. The molecule has 0 spiro atoms. The highest BCUT2D eigenvalue weighted by molar-refractivity contribution is 5.99. The van der Waals surface area contributed by atoms with Gasteiger partial charge < -0.3 is 11.1 Å². The fourth-order valence-corrected chi connectivity index (χ4v) is 3.86. The van der Waals surface area contributed by atoms with E-state index in [0.29, 0.717) is 23.6 Å². The average Bonchev–Trinajstić information content (AvgIpc) is 3.49. The molecule has 2 aromatic carbocycles. The van der Waals surface area contributed by atoms with Gasteiger partial charge >= 0.3 is 5.69 Å². The Kier molecular flexibility index (Phi) is 3.86. The number of anilines is 2. The molecule has 1 unspecified atom stereocenters. The van der Waals surface area contributed by atoms with Crippen LogP contribution in [0.15, 0.2) is 53.5 Å². The first-order valence-corrected chi connectivity index (χ1v) is 9.54. The van der Waals surface area contributed by atoms with Crippen molar-refractivity contribution < 1.29 is 4.79 Å². The number of pyridine rings is 1. The Hall–Kier alpha value is -4.12. The van der Waals surface area contributed by atoms with Gasteiger partial charge in [-0.2, -0.15) is 5.26 Å². The molecule has 5 rings (SSSR count). The number of fused-ring (bicyclic) bond motifs is 2. The summed E-state index contributed by atoms with van der Waals surface area (Å²) in [7, 11) is 1.73. The maximum absolute atomic E-state index is 12.9. The minimum Gasteiger partial charge on any atom is -0.398 e. The summed E-state index contributed by atoms with van der Waals surface area (Å²) in [5.74, 6) is -0.315. The molecule has 4 aromatic rings. The SMILES string of the molecule is Cn1c(=O)n(-c2cc(N)c3cnc(NC(=O)C4C[C@@H]4C#N)cc3c2)c2ccccc21. The number of benzene rings is 2. The minimum absolute atomic E-state index is 0.172. The monoisotopic (exact) mass is 398 g/mol. The average molecular weight is 398 g/mol. The highest BCUT2D eigenvalue weighted by Crippen LogP contribution is 2.38. The molecule has 8 heteroatoms. The molecule has 1 fully saturated rings. The summed E-state index contributed by atoms with van der Waals surface area (Å²) in [6.07, 6.45) is 2.18. The van der Waals surface area contributed by atoms with Crippen molar-refractivity contribution >= 4 is 39.2 Å². The van der Waals surface area contributed by atoms with Crippen molar-refractivity contribution in [3.63, 3.8) is 0 Å². The predicted molar refractivity (Wildman–Crippen MR) is 114 cm³/mol. The lowest BCUT2D eigenvalue weighted by Crippen LogP contribution is -2.21. The number of aromatic nitrogens is 3. The molecule has 2 atom stereocenters. The van der Waals surface area contributed by atoms with E-state index in [0.717, 1.165) is 21.8 Å². The number of imidazole rings is 1. The first-order valence-electron chi connectivity index (χ1n) is 9.54. The van der Waals surface area contributed by atoms with Gasteiger partial charge in [0.1, 0.15) is 5.82 Å². The molecule has 1 amide bonds. The maximum Gasteiger partial charge on any atom is 0.333 e. The zero-order chi connectivity index (χ0) is 21.0. The highest BCUT2D eigenvalue weighted by atomic mass is 16.2. The molecule has 148 valence electrons. The third-order valence-corrected chi connectivity index (χ3v) is 5.62. The van der Waals surface area contributed by atoms with Crippen molar-refractivity contribution in [1.29, 1.82) is 5.26 Å². The number of amides is 1. The van der Waals surface area contributed by atoms with E-state index in [1.54, 1.807) is 34.5 Å². The Balaban J connectivity index is 1.60. The first kappa shape index (κ1) is 17.9. The lowest BCUT2D eigenvalue weighted by molar-refractivity contribution is -0.117. The van der Waals surface area contributed by atoms with Crippen molar-refractivity contribution in [3.05, 3.63) is 59.1 Å². The predicted octanol–water partition coefficient (Wildman–Crippen LogP) is 2.56. The first-order chi connectivity index (χ1) is 14.5. The normalized spacial score (nSPS) is 17.7. The smallest absolute Gasteiger partial charge is 0.333 e. The number of aryl methyl sites for hydroxylation is 1. The van der Waals surface area contributed by atoms with E-state index in [4.69, 9.17) is 11.0 Å². The number of carbonyl (C=O) groups excluding carboxylic acids is 1. The lowest BCUT2D eigenvalue weighted by Gasteiger charge is -2.10. The number of para-hydroxylation sites is 2. The molecule has 0 bridgehead atoms. The molecule has 0 radical (unpaired) electrons. The van der Waals surface area contributed by atoms with Crippen molar-refractivity contribution in [2.24, 2.45) is 18.9 Å². The van der Waals surface area contributed by atoms with Crippen LogP contribution in [0.25, 0.3) is 27.5 Å². The van der Waals surface area contributed by atoms with Crippen LogP contribution in [0.2, 0.25) is 0 Å². The molecule has 2 heterocycles. The molecule has 1 aliphatic carbocycles. The second kappa shape index (κ2) is 6.46. The van der Waals surface area contributed by atoms with Crippen molar-refractivity contribution in [3.8, 4) is 11.8 Å². The molecule has 2 aromatic heterocycles. The van der Waals surface area contributed by atoms with Crippen LogP contribution in [0.4, 0.5) is 11.5 Å². The lowest BCUT2D eigenvalue weighted by atomic mass is 10.1. The van der Waals surface area contributed by atoms with Gasteiger partial charge in [-0.15, -0.1) is 0 Å². The van der Waals surface area contributed by atoms with Crippen LogP contribution in [0, 0.1) is 23.2 Å². The third kappa shape index (κ3) is 2.71. The summed E-state index contributed by atoms with van der Waals surface area (Å²) in [6.45, 7) is 0. The standard InChI is InChI=1S/C22H18N6O2/c1-27-18-4-2-3-5-19(18)28(22(27)30)14-6-12-8-20(25-11-16(12)17(24)9-14)26-21(29)15-7-13(15)10-23/h2-6,8-9,11,13,15H,7,24H2,1H3,(H,25,26,29)/t13-,15?/m1/s1. The van der Waals surface area contributed by atoms with Gasteiger partial charge in [-0.05, 0) is 42.1 Å². The van der Waals surface area contributed by atoms with Gasteiger partial charge in [-0.3, -0.25) is 13.9 Å². The van der Waals surface area contributed by atoms with Gasteiger partial charge in [0.15, 0.2) is 0 Å². The number of nitrogens with zero attached hydrogens (tertiary/aromatic N) is 4. The number of nitrogen functional groups attached to an aromatic ring is 1. The van der Waals surface area contributed by atoms with E-state index in [2.05, 4.69) is 16.4 Å². The van der Waals surface area contributed by atoms with Crippen LogP contribution < -0.4 is 16.7 Å². The van der Waals surface area contributed by atoms with Gasteiger partial charge in [0, 0.05) is 24.3 Å². The van der Waals surface area contributed by atoms with Crippen LogP contribution in [-0.2, 0) is 11.8 Å². The Labute approximate surface area is 171 Å². The van der Waals surface area contributed by atoms with E-state index < -0.39 is 0 Å². The van der Waals surface area contributed by atoms with E-state index in [-0.39, 0.29) is 23.4 Å². The van der Waals surface area contributed by atoms with Gasteiger partial charge in [0.2, 0.25) is 5.91 Å². The number of hydrogen-bond acceptors (Lipinski definition) is 5. The van der Waals surface area contributed by atoms with Crippen molar-refractivity contribution in [2.75, 3.05) is 11.1 Å². The number of nitrogens with two attached hydrogens (primary N) is 1. The summed E-state index contributed by atoms with van der Waals surface area (Å²) in [5, 5.41) is 13.2. The Morgan fingerprint density at radius 3 is 2.77 bits per heavy atom. The Morgan fingerprint density at radius 2 is 2.03 bits per heavy atom. The van der Waals surface area contributed by atoms with Crippen LogP contribution in [0.3, 0.4) is 0 Å². The quantitative estimate of drug-likeness (QED) is 0.514. The molecule has 30 heavy (non-hydrogen) atoms. The van der Waals surface area contributed by atoms with E-state index >= 15 is 0 Å². The molecule has 3 N–H and O–H groups in total. The summed E-state index contributed by atoms with van der Waals surface area (Å²) in [6, 6.07) is 15.0. The van der Waals surface area contributed by atoms with Gasteiger partial charge in [0.05, 0.1) is 34.6 Å². The highest BCUT2D eigenvalue weighted by Gasteiger charge is 2.43. The fourth-order valence-electron chi connectivity index (χ4n) is 3.86. The van der Waals surface area contributed by atoms with E-state index in [9.17, 15) is 9.59 Å². The number of nitriles is 1. The summed E-state index contributed by atoms with van der Waals surface area (Å²) in [4.78, 5) is 29.4. The Morgan fingerprint density at radius 1 is 1.27 bits per heavy atom. The fraction of sp³-hybridized carbons (Fsp3) is 0.182. The molecule has 8 nitrogen and oxygen atoms in total. The zero-order valence-corrected chi connectivity index (χ0v) is 16.2. The second-order valence-corrected chi connectivity index (χ2v) is 7.56. The van der Waals surface area contributed by atoms with E-state index in [1.807, 2.05) is 30.3 Å². The van der Waals surface area contributed by atoms with Crippen molar-refractivity contribution in [2.45, 2.75) is 6.42 Å². The molecule has 1 aliphatic rings. The molecular weight excluding hydrogens is 380 g/mol. The van der Waals surface area contributed by atoms with Gasteiger partial charge in [0.25, 0.3) is 0 Å². The number of rotatable bonds is 3. The largest absolute Gasteiger partial charge is 0.398 e. The number of hydrogen-bond donors (Lipinski definition) is 2. The summed E-state index contributed by atoms with van der Waals surface area (Å²) >= 11 is 0. The molecular formula is C22H18N6O2. The number of carbonyl (C=O) groups is 1. The van der Waals surface area contributed by atoms with Crippen molar-refractivity contribution in [1.82, 2.24) is 14.1 Å². The van der Waals surface area contributed by atoms with Crippen LogP contribution >= 0.6 is 0 Å². The minimum atomic E-state index is -0.279. The topological polar surface area (TPSA) is 119 Å². The molecule has 0 saturated heterocycles. The summed E-state index contributed by atoms with van der Waals surface area (Å²) in [5.41, 5.74) is 8.80. The maximum atomic E-state index is 12.9. The van der Waals surface area contributed by atoms with Gasteiger partial charge in [-0.1, -0.05) is 12.1 Å². The number of nitrogens with one attached hydrogen (secondary N) is 1. The van der Waals surface area contributed by atoms with Gasteiger partial charge in [-0.25, -0.2) is 9.78 Å². The molecule has 0 aliphatic heterocycles. The second-order valence-electron chi connectivity index (χ2n) is 7.56. The van der Waals surface area contributed by atoms with Crippen LogP contribution in [0.1, 0.15) is 6.42 Å². The summed E-state index contributed by atoms with van der Waals surface area (Å²) < 4.78 is 3.21. The zero-order valence-electron chi connectivity index (χ0n) is 16.2. The van der Waals surface area contributed by atoms with E-state index in [1.165, 1.54) is 0 Å². The molecule has 1 saturated carbocycles.